The Hall–Kier alpha value is -3.16. The fourth-order valence-corrected chi connectivity index (χ4v) is 4.16. The molecule has 4 rings (SSSR count). The summed E-state index contributed by atoms with van der Waals surface area (Å²) < 4.78 is 5.07. The number of allylic oxidation sites excluding steroid dienone is 2. The normalized spacial score (nSPS) is 19.6. The Morgan fingerprint density at radius 2 is 1.69 bits per heavy atom. The number of amides is 3. The summed E-state index contributed by atoms with van der Waals surface area (Å²) in [5, 5.41) is 3.20. The van der Waals surface area contributed by atoms with Crippen LogP contribution in [0.3, 0.4) is 0 Å². The number of hydrogen-bond donors (Lipinski definition) is 1. The third-order valence-electron chi connectivity index (χ3n) is 5.38. The molecular formula is C23H18Cl2N2O5. The highest BCUT2D eigenvalue weighted by Gasteiger charge is 2.47. The molecule has 2 aromatic rings. The molecule has 1 aliphatic heterocycles. The molecule has 2 atom stereocenters. The smallest absolute Gasteiger partial charge is 0.338 e. The summed E-state index contributed by atoms with van der Waals surface area (Å²) >= 11 is 11.9. The van der Waals surface area contributed by atoms with Crippen molar-refractivity contribution in [1.29, 1.82) is 0 Å². The van der Waals surface area contributed by atoms with Crippen LogP contribution in [0.1, 0.15) is 23.2 Å². The van der Waals surface area contributed by atoms with E-state index < -0.39 is 18.5 Å². The van der Waals surface area contributed by atoms with Crippen molar-refractivity contribution < 1.29 is 23.9 Å². The molecule has 7 nitrogen and oxygen atoms in total. The van der Waals surface area contributed by atoms with E-state index in [1.54, 1.807) is 18.2 Å². The highest BCUT2D eigenvalue weighted by atomic mass is 35.5. The summed E-state index contributed by atoms with van der Waals surface area (Å²) in [5.41, 5.74) is 0.716. The summed E-state index contributed by atoms with van der Waals surface area (Å²) in [6.45, 7) is -0.552. The lowest BCUT2D eigenvalue weighted by Gasteiger charge is -2.15. The molecule has 2 aliphatic rings. The third-order valence-corrected chi connectivity index (χ3v) is 5.95. The first-order valence-electron chi connectivity index (χ1n) is 9.90. The number of ether oxygens (including phenoxy) is 1. The van der Waals surface area contributed by atoms with E-state index in [0.717, 1.165) is 4.90 Å². The number of anilines is 2. The highest BCUT2D eigenvalue weighted by Crippen LogP contribution is 2.37. The first kappa shape index (κ1) is 22.0. The van der Waals surface area contributed by atoms with Gasteiger partial charge in [0.15, 0.2) is 6.61 Å². The molecule has 0 bridgehead atoms. The lowest BCUT2D eigenvalue weighted by Crippen LogP contribution is -2.31. The number of halogens is 2. The molecular weight excluding hydrogens is 455 g/mol. The van der Waals surface area contributed by atoms with Crippen LogP contribution in [0.5, 0.6) is 0 Å². The van der Waals surface area contributed by atoms with Crippen molar-refractivity contribution in [3.63, 3.8) is 0 Å². The maximum Gasteiger partial charge on any atom is 0.338 e. The molecule has 0 aromatic heterocycles. The first-order valence-corrected chi connectivity index (χ1v) is 10.7. The largest absolute Gasteiger partial charge is 0.452 e. The molecule has 0 radical (unpaired) electrons. The molecule has 164 valence electrons. The van der Waals surface area contributed by atoms with Crippen molar-refractivity contribution in [3.8, 4) is 0 Å². The van der Waals surface area contributed by atoms with Gasteiger partial charge in [-0.15, -0.1) is 0 Å². The number of nitrogens with one attached hydrogen (secondary N) is 1. The Kier molecular flexibility index (Phi) is 6.30. The number of imide groups is 1. The Morgan fingerprint density at radius 3 is 2.38 bits per heavy atom. The monoisotopic (exact) mass is 472 g/mol. The van der Waals surface area contributed by atoms with Crippen LogP contribution in [-0.4, -0.2) is 30.3 Å². The van der Waals surface area contributed by atoms with Crippen LogP contribution >= 0.6 is 23.2 Å². The van der Waals surface area contributed by atoms with Gasteiger partial charge in [-0.05, 0) is 49.2 Å². The molecule has 0 spiro atoms. The fraction of sp³-hybridized carbons (Fsp3) is 0.217. The van der Waals surface area contributed by atoms with Gasteiger partial charge in [-0.2, -0.15) is 0 Å². The summed E-state index contributed by atoms with van der Waals surface area (Å²) in [5.74, 6) is -2.65. The minimum atomic E-state index is -0.766. The van der Waals surface area contributed by atoms with Gasteiger partial charge in [0.05, 0.1) is 33.8 Å². The van der Waals surface area contributed by atoms with E-state index in [-0.39, 0.29) is 34.2 Å². The number of rotatable bonds is 5. The van der Waals surface area contributed by atoms with E-state index in [1.165, 1.54) is 24.3 Å². The van der Waals surface area contributed by atoms with E-state index in [9.17, 15) is 19.2 Å². The predicted octanol–water partition coefficient (Wildman–Crippen LogP) is 4.24. The van der Waals surface area contributed by atoms with Gasteiger partial charge in [-0.25, -0.2) is 4.79 Å². The summed E-state index contributed by atoms with van der Waals surface area (Å²) in [6, 6.07) is 10.6. The maximum absolute atomic E-state index is 12.8. The van der Waals surface area contributed by atoms with Crippen LogP contribution in [0.15, 0.2) is 54.6 Å². The third kappa shape index (κ3) is 4.40. The molecule has 1 saturated heterocycles. The number of esters is 1. The number of carbonyl (C=O) groups is 4. The van der Waals surface area contributed by atoms with Crippen molar-refractivity contribution in [1.82, 2.24) is 0 Å². The molecule has 1 heterocycles. The number of benzene rings is 2. The van der Waals surface area contributed by atoms with Gasteiger partial charge in [-0.3, -0.25) is 19.3 Å². The number of fused-ring (bicyclic) bond motifs is 1. The van der Waals surface area contributed by atoms with Gasteiger partial charge in [0.1, 0.15) is 0 Å². The number of carbonyl (C=O) groups excluding carboxylic acids is 4. The molecule has 32 heavy (non-hydrogen) atoms. The summed E-state index contributed by atoms with van der Waals surface area (Å²) in [4.78, 5) is 51.2. The molecule has 9 heteroatoms. The number of hydrogen-bond acceptors (Lipinski definition) is 5. The van der Waals surface area contributed by atoms with Crippen LogP contribution in [0.25, 0.3) is 0 Å². The van der Waals surface area contributed by atoms with E-state index in [2.05, 4.69) is 5.32 Å². The van der Waals surface area contributed by atoms with Crippen LogP contribution < -0.4 is 10.2 Å². The van der Waals surface area contributed by atoms with E-state index >= 15 is 0 Å². The summed E-state index contributed by atoms with van der Waals surface area (Å²) in [6.07, 6.45) is 4.87. The van der Waals surface area contributed by atoms with Gasteiger partial charge in [-0.1, -0.05) is 41.4 Å². The SMILES string of the molecule is O=C(COC(=O)c1cccc(N2C(=O)[C@@H]3CC=CC[C@H]3C2=O)c1)Nc1cc(Cl)ccc1Cl. The van der Waals surface area contributed by atoms with Gasteiger partial charge in [0.25, 0.3) is 5.91 Å². The van der Waals surface area contributed by atoms with Crippen LogP contribution in [-0.2, 0) is 19.1 Å². The van der Waals surface area contributed by atoms with E-state index in [0.29, 0.717) is 29.2 Å². The van der Waals surface area contributed by atoms with Gasteiger partial charge in [0, 0.05) is 5.02 Å². The zero-order valence-corrected chi connectivity index (χ0v) is 18.2. The number of nitrogens with zero attached hydrogens (tertiary/aromatic N) is 1. The van der Waals surface area contributed by atoms with Crippen molar-refractivity contribution in [2.45, 2.75) is 12.8 Å². The second-order valence-electron chi connectivity index (χ2n) is 7.47. The van der Waals surface area contributed by atoms with Gasteiger partial charge in [0.2, 0.25) is 11.8 Å². The lowest BCUT2D eigenvalue weighted by molar-refractivity contribution is -0.122. The molecule has 1 N–H and O–H groups in total. The van der Waals surface area contributed by atoms with Crippen LogP contribution in [0.2, 0.25) is 10.0 Å². The fourth-order valence-electron chi connectivity index (χ4n) is 3.82. The first-order chi connectivity index (χ1) is 15.3. The zero-order valence-electron chi connectivity index (χ0n) is 16.7. The van der Waals surface area contributed by atoms with Crippen molar-refractivity contribution >= 4 is 58.3 Å². The van der Waals surface area contributed by atoms with Crippen LogP contribution in [0.4, 0.5) is 11.4 Å². The maximum atomic E-state index is 12.8. The quantitative estimate of drug-likeness (QED) is 0.398. The molecule has 1 aliphatic carbocycles. The van der Waals surface area contributed by atoms with Crippen molar-refractivity contribution in [3.05, 3.63) is 70.2 Å². The molecule has 0 saturated carbocycles. The molecule has 0 unspecified atom stereocenters. The zero-order chi connectivity index (χ0) is 22.8. The standard InChI is InChI=1S/C23H18Cl2N2O5/c24-14-8-9-18(25)19(11-14)26-20(28)12-32-23(31)13-4-3-5-15(10-13)27-21(29)16-6-1-2-7-17(16)22(27)30/h1-5,8-11,16-17H,6-7,12H2,(H,26,28)/t16-,17-/m1/s1. The predicted molar refractivity (Wildman–Crippen MR) is 120 cm³/mol. The second kappa shape index (κ2) is 9.14. The molecule has 2 aromatic carbocycles. The molecule has 1 fully saturated rings. The van der Waals surface area contributed by atoms with Crippen molar-refractivity contribution in [2.75, 3.05) is 16.8 Å². The highest BCUT2D eigenvalue weighted by molar-refractivity contribution is 6.35. The molecule has 3 amide bonds. The van der Waals surface area contributed by atoms with Crippen LogP contribution in [0, 0.1) is 11.8 Å². The Morgan fingerprint density at radius 1 is 1.00 bits per heavy atom. The summed E-state index contributed by atoms with van der Waals surface area (Å²) in [7, 11) is 0. The Labute approximate surface area is 193 Å². The van der Waals surface area contributed by atoms with Crippen molar-refractivity contribution in [2.24, 2.45) is 11.8 Å². The van der Waals surface area contributed by atoms with E-state index in [1.807, 2.05) is 12.2 Å². The van der Waals surface area contributed by atoms with Gasteiger partial charge < -0.3 is 10.1 Å². The Balaban J connectivity index is 1.41. The second-order valence-corrected chi connectivity index (χ2v) is 8.31. The average Bonchev–Trinajstić information content (AvgIpc) is 3.05. The van der Waals surface area contributed by atoms with Gasteiger partial charge >= 0.3 is 5.97 Å². The average molecular weight is 473 g/mol. The topological polar surface area (TPSA) is 92.8 Å². The minimum absolute atomic E-state index is 0.115. The minimum Gasteiger partial charge on any atom is -0.452 e. The lowest BCUT2D eigenvalue weighted by atomic mass is 9.85. The Bertz CT molecular complexity index is 1120. The van der Waals surface area contributed by atoms with E-state index in [4.69, 9.17) is 27.9 Å².